The fourth-order valence-corrected chi connectivity index (χ4v) is 2.59. The van der Waals surface area contributed by atoms with E-state index in [2.05, 4.69) is 41.0 Å². The summed E-state index contributed by atoms with van der Waals surface area (Å²) in [5, 5.41) is 4.08. The fourth-order valence-electron chi connectivity index (χ4n) is 2.59. The van der Waals surface area contributed by atoms with Crippen molar-refractivity contribution in [2.24, 2.45) is 5.73 Å². The van der Waals surface area contributed by atoms with Crippen molar-refractivity contribution >= 4 is 0 Å². The van der Waals surface area contributed by atoms with Crippen LogP contribution in [0.15, 0.2) is 41.4 Å². The van der Waals surface area contributed by atoms with Crippen LogP contribution >= 0.6 is 0 Å². The zero-order valence-electron chi connectivity index (χ0n) is 10.7. The molecule has 1 aliphatic carbocycles. The third-order valence-electron chi connectivity index (χ3n) is 3.61. The topological polar surface area (TPSA) is 64.9 Å². The van der Waals surface area contributed by atoms with Gasteiger partial charge in [-0.05, 0) is 30.4 Å². The Balaban J connectivity index is 1.77. The van der Waals surface area contributed by atoms with Gasteiger partial charge in [-0.1, -0.05) is 35.5 Å². The van der Waals surface area contributed by atoms with Crippen molar-refractivity contribution < 1.29 is 4.52 Å². The molecule has 0 amide bonds. The number of hydrogen-bond acceptors (Lipinski definition) is 4. The molecule has 4 heteroatoms. The minimum Gasteiger partial charge on any atom is -0.338 e. The first kappa shape index (κ1) is 12.1. The molecule has 0 bridgehead atoms. The molecule has 19 heavy (non-hydrogen) atoms. The largest absolute Gasteiger partial charge is 0.338 e. The molecule has 1 aliphatic rings. The van der Waals surface area contributed by atoms with Crippen molar-refractivity contribution in [2.45, 2.75) is 31.2 Å². The summed E-state index contributed by atoms with van der Waals surface area (Å²) in [7, 11) is 0. The first-order valence-electron chi connectivity index (χ1n) is 6.54. The first-order valence-corrected chi connectivity index (χ1v) is 6.54. The third-order valence-corrected chi connectivity index (χ3v) is 3.61. The van der Waals surface area contributed by atoms with Crippen LogP contribution in [-0.4, -0.2) is 10.1 Å². The van der Waals surface area contributed by atoms with Crippen molar-refractivity contribution in [3.05, 3.63) is 59.8 Å². The van der Waals surface area contributed by atoms with E-state index < -0.39 is 0 Å². The normalized spacial score (nSPS) is 16.3. The summed E-state index contributed by atoms with van der Waals surface area (Å²) in [5.74, 6) is 1.59. The van der Waals surface area contributed by atoms with Gasteiger partial charge < -0.3 is 10.3 Å². The Morgan fingerprint density at radius 1 is 1.37 bits per heavy atom. The molecule has 0 spiro atoms. The van der Waals surface area contributed by atoms with Crippen LogP contribution < -0.4 is 5.73 Å². The second kappa shape index (κ2) is 4.97. The van der Waals surface area contributed by atoms with E-state index >= 15 is 0 Å². The summed E-state index contributed by atoms with van der Waals surface area (Å²) in [5.41, 5.74) is 8.70. The van der Waals surface area contributed by atoms with E-state index in [1.165, 1.54) is 11.1 Å². The first-order chi connectivity index (χ1) is 9.28. The maximum absolute atomic E-state index is 5.93. The highest BCUT2D eigenvalue weighted by Gasteiger charge is 2.27. The highest BCUT2D eigenvalue weighted by molar-refractivity contribution is 5.34. The molecule has 0 aliphatic heterocycles. The predicted octanol–water partition coefficient (Wildman–Crippen LogP) is 2.53. The third kappa shape index (κ3) is 2.31. The molecule has 2 aromatic rings. The summed E-state index contributed by atoms with van der Waals surface area (Å²) in [4.78, 5) is 4.44. The highest BCUT2D eigenvalue weighted by atomic mass is 16.5. The van der Waals surface area contributed by atoms with E-state index in [0.29, 0.717) is 18.2 Å². The van der Waals surface area contributed by atoms with Crippen molar-refractivity contribution in [1.82, 2.24) is 10.1 Å². The summed E-state index contributed by atoms with van der Waals surface area (Å²) in [6, 6.07) is 8.23. The van der Waals surface area contributed by atoms with Gasteiger partial charge >= 0.3 is 0 Å². The van der Waals surface area contributed by atoms with Gasteiger partial charge in [0, 0.05) is 5.92 Å². The molecule has 0 saturated carbocycles. The molecule has 0 saturated heterocycles. The lowest BCUT2D eigenvalue weighted by atomic mass is 10.1. The van der Waals surface area contributed by atoms with Crippen LogP contribution in [0.5, 0.6) is 0 Å². The molecule has 3 rings (SSSR count). The predicted molar refractivity (Wildman–Crippen MR) is 72.6 cm³/mol. The van der Waals surface area contributed by atoms with Crippen LogP contribution in [0.1, 0.15) is 41.2 Å². The van der Waals surface area contributed by atoms with Gasteiger partial charge in [-0.15, -0.1) is 6.58 Å². The Bertz CT molecular complexity index is 566. The zero-order chi connectivity index (χ0) is 13.2. The Morgan fingerprint density at radius 2 is 2.05 bits per heavy atom. The van der Waals surface area contributed by atoms with Gasteiger partial charge in [-0.3, -0.25) is 0 Å². The van der Waals surface area contributed by atoms with Crippen molar-refractivity contribution in [1.29, 1.82) is 0 Å². The molecule has 0 fully saturated rings. The maximum Gasteiger partial charge on any atom is 0.243 e. The van der Waals surface area contributed by atoms with E-state index in [9.17, 15) is 0 Å². The minimum atomic E-state index is -0.248. The molecular weight excluding hydrogens is 238 g/mol. The van der Waals surface area contributed by atoms with Gasteiger partial charge in [0.25, 0.3) is 0 Å². The molecule has 1 atom stereocenters. The molecule has 1 unspecified atom stereocenters. The Labute approximate surface area is 112 Å². The lowest BCUT2D eigenvalue weighted by Gasteiger charge is -2.02. The second-order valence-electron chi connectivity index (χ2n) is 5.00. The summed E-state index contributed by atoms with van der Waals surface area (Å²) in [6.45, 7) is 3.67. The smallest absolute Gasteiger partial charge is 0.243 e. The van der Waals surface area contributed by atoms with E-state index in [-0.39, 0.29) is 6.04 Å². The van der Waals surface area contributed by atoms with Gasteiger partial charge in [0.15, 0.2) is 5.82 Å². The van der Waals surface area contributed by atoms with E-state index in [1.807, 2.05) is 0 Å². The van der Waals surface area contributed by atoms with Gasteiger partial charge in [0.1, 0.15) is 0 Å². The van der Waals surface area contributed by atoms with Crippen LogP contribution in [0, 0.1) is 0 Å². The highest BCUT2D eigenvalue weighted by Crippen LogP contribution is 2.32. The number of aromatic nitrogens is 2. The summed E-state index contributed by atoms with van der Waals surface area (Å²) < 4.78 is 5.26. The maximum atomic E-state index is 5.93. The number of rotatable bonds is 4. The monoisotopic (exact) mass is 255 g/mol. The van der Waals surface area contributed by atoms with Gasteiger partial charge in [-0.25, -0.2) is 0 Å². The van der Waals surface area contributed by atoms with Crippen molar-refractivity contribution in [2.75, 3.05) is 0 Å². The van der Waals surface area contributed by atoms with Gasteiger partial charge in [0.05, 0.1) is 6.04 Å². The van der Waals surface area contributed by atoms with Crippen molar-refractivity contribution in [3.8, 4) is 0 Å². The second-order valence-corrected chi connectivity index (χ2v) is 5.00. The molecule has 98 valence electrons. The average molecular weight is 255 g/mol. The molecule has 1 aromatic carbocycles. The lowest BCUT2D eigenvalue weighted by molar-refractivity contribution is 0.349. The average Bonchev–Trinajstić information content (AvgIpc) is 3.05. The number of nitrogens with zero attached hydrogens (tertiary/aromatic N) is 2. The molecule has 1 aromatic heterocycles. The van der Waals surface area contributed by atoms with E-state index in [0.717, 1.165) is 18.7 Å². The molecule has 4 nitrogen and oxygen atoms in total. The van der Waals surface area contributed by atoms with E-state index in [1.54, 1.807) is 6.08 Å². The molecule has 2 N–H and O–H groups in total. The fraction of sp³-hybridized carbons (Fsp3) is 0.333. The number of fused-ring (bicyclic) bond motifs is 1. The number of benzene rings is 1. The number of hydrogen-bond donors (Lipinski definition) is 1. The SMILES string of the molecule is C=CCC(N)c1nc(C2Cc3ccccc3C2)no1. The molecule has 1 heterocycles. The van der Waals surface area contributed by atoms with Gasteiger partial charge in [-0.2, -0.15) is 4.98 Å². The van der Waals surface area contributed by atoms with Crippen molar-refractivity contribution in [3.63, 3.8) is 0 Å². The Morgan fingerprint density at radius 3 is 2.68 bits per heavy atom. The standard InChI is InChI=1S/C15H17N3O/c1-2-5-13(16)15-17-14(18-19-15)12-8-10-6-3-4-7-11(10)9-12/h2-4,6-7,12-13H,1,5,8-9,16H2. The Kier molecular flexibility index (Phi) is 3.17. The Hall–Kier alpha value is -1.94. The molecular formula is C15H17N3O. The van der Waals surface area contributed by atoms with Crippen LogP contribution in [0.3, 0.4) is 0 Å². The van der Waals surface area contributed by atoms with Gasteiger partial charge in [0.2, 0.25) is 5.89 Å². The van der Waals surface area contributed by atoms with E-state index in [4.69, 9.17) is 10.3 Å². The summed E-state index contributed by atoms with van der Waals surface area (Å²) >= 11 is 0. The number of nitrogens with two attached hydrogens (primary N) is 1. The quantitative estimate of drug-likeness (QED) is 0.853. The van der Waals surface area contributed by atoms with Crippen LogP contribution in [0.4, 0.5) is 0 Å². The minimum absolute atomic E-state index is 0.248. The zero-order valence-corrected chi connectivity index (χ0v) is 10.7. The van der Waals surface area contributed by atoms with Crippen LogP contribution in [0.2, 0.25) is 0 Å². The summed E-state index contributed by atoms with van der Waals surface area (Å²) in [6.07, 6.45) is 4.37. The molecule has 0 radical (unpaired) electrons. The van der Waals surface area contributed by atoms with Crippen LogP contribution in [0.25, 0.3) is 0 Å². The lowest BCUT2D eigenvalue weighted by Crippen LogP contribution is -2.10. The van der Waals surface area contributed by atoms with Crippen LogP contribution in [-0.2, 0) is 12.8 Å².